The second kappa shape index (κ2) is 5.92. The molecule has 9 heteroatoms. The zero-order valence-electron chi connectivity index (χ0n) is 12.8. The van der Waals surface area contributed by atoms with Gasteiger partial charge in [0.2, 0.25) is 0 Å². The molecule has 0 saturated carbocycles. The second-order valence-electron chi connectivity index (χ2n) is 4.63. The van der Waals surface area contributed by atoms with Gasteiger partial charge in [-0.05, 0) is 26.3 Å². The van der Waals surface area contributed by atoms with Crippen LogP contribution in [0, 0.1) is 6.92 Å². The van der Waals surface area contributed by atoms with Crippen LogP contribution in [0.1, 0.15) is 39.7 Å². The van der Waals surface area contributed by atoms with Crippen LogP contribution < -0.4 is 0 Å². The summed E-state index contributed by atoms with van der Waals surface area (Å²) < 4.78 is 11.4. The summed E-state index contributed by atoms with van der Waals surface area (Å²) in [5.41, 5.74) is 1.17. The van der Waals surface area contributed by atoms with Gasteiger partial charge in [0.05, 0.1) is 18.6 Å². The number of thiophene rings is 1. The number of nitrogens with zero attached hydrogens (tertiary/aromatic N) is 4. The number of aromatic nitrogens is 4. The number of ether oxygens (including phenoxy) is 2. The Hall–Kier alpha value is -2.55. The number of esters is 2. The topological polar surface area (TPSA) is 95.7 Å². The first kappa shape index (κ1) is 15.3. The maximum atomic E-state index is 12.0. The van der Waals surface area contributed by atoms with Gasteiger partial charge < -0.3 is 9.47 Å². The number of carbonyl (C=O) groups excluding carboxylic acids is 2. The van der Waals surface area contributed by atoms with Crippen molar-refractivity contribution in [1.29, 1.82) is 0 Å². The van der Waals surface area contributed by atoms with Gasteiger partial charge in [0, 0.05) is 0 Å². The molecule has 0 bridgehead atoms. The molecule has 120 valence electrons. The zero-order valence-corrected chi connectivity index (χ0v) is 13.6. The van der Waals surface area contributed by atoms with E-state index in [-0.39, 0.29) is 12.4 Å². The predicted molar refractivity (Wildman–Crippen MR) is 82.8 cm³/mol. The summed E-state index contributed by atoms with van der Waals surface area (Å²) in [5.74, 6) is -1.02. The van der Waals surface area contributed by atoms with E-state index >= 15 is 0 Å². The molecule has 23 heavy (non-hydrogen) atoms. The summed E-state index contributed by atoms with van der Waals surface area (Å²) in [6, 6.07) is 0. The highest BCUT2D eigenvalue weighted by Gasteiger charge is 2.22. The summed E-state index contributed by atoms with van der Waals surface area (Å²) in [6.07, 6.45) is 1.46. The maximum Gasteiger partial charge on any atom is 0.378 e. The van der Waals surface area contributed by atoms with Crippen LogP contribution in [0.2, 0.25) is 0 Å². The van der Waals surface area contributed by atoms with Crippen LogP contribution in [0.3, 0.4) is 0 Å². The quantitative estimate of drug-likeness (QED) is 0.673. The Morgan fingerprint density at radius 3 is 2.61 bits per heavy atom. The van der Waals surface area contributed by atoms with Crippen LogP contribution in [0.5, 0.6) is 0 Å². The minimum atomic E-state index is -0.595. The number of aryl methyl sites for hydroxylation is 1. The van der Waals surface area contributed by atoms with E-state index in [0.717, 1.165) is 0 Å². The summed E-state index contributed by atoms with van der Waals surface area (Å²) in [7, 11) is 0. The molecular weight excluding hydrogens is 320 g/mol. The first-order valence-electron chi connectivity index (χ1n) is 7.05. The minimum Gasteiger partial charge on any atom is -0.462 e. The molecule has 0 N–H and O–H groups in total. The van der Waals surface area contributed by atoms with Crippen molar-refractivity contribution in [3.63, 3.8) is 0 Å². The van der Waals surface area contributed by atoms with E-state index < -0.39 is 11.9 Å². The van der Waals surface area contributed by atoms with Crippen LogP contribution >= 0.6 is 11.3 Å². The highest BCUT2D eigenvalue weighted by atomic mass is 32.1. The van der Waals surface area contributed by atoms with Gasteiger partial charge in [-0.2, -0.15) is 0 Å². The molecule has 0 aromatic carbocycles. The lowest BCUT2D eigenvalue weighted by Gasteiger charge is -1.99. The maximum absolute atomic E-state index is 12.0. The molecule has 0 atom stereocenters. The van der Waals surface area contributed by atoms with Crippen LogP contribution in [0.4, 0.5) is 0 Å². The molecule has 0 unspecified atom stereocenters. The van der Waals surface area contributed by atoms with E-state index in [9.17, 15) is 9.59 Å². The molecule has 0 aliphatic rings. The van der Waals surface area contributed by atoms with Crippen molar-refractivity contribution in [2.75, 3.05) is 13.2 Å². The molecule has 3 aromatic rings. The molecule has 3 heterocycles. The van der Waals surface area contributed by atoms with Gasteiger partial charge in [-0.25, -0.2) is 24.1 Å². The fourth-order valence-corrected chi connectivity index (χ4v) is 3.24. The number of fused-ring (bicyclic) bond motifs is 3. The second-order valence-corrected chi connectivity index (χ2v) is 5.62. The molecule has 0 saturated heterocycles. The Balaban J connectivity index is 2.18. The fourth-order valence-electron chi connectivity index (χ4n) is 2.21. The number of hydrogen-bond acceptors (Lipinski definition) is 8. The van der Waals surface area contributed by atoms with Crippen molar-refractivity contribution in [3.8, 4) is 0 Å². The van der Waals surface area contributed by atoms with Crippen molar-refractivity contribution in [1.82, 2.24) is 19.6 Å². The molecule has 0 aliphatic carbocycles. The van der Waals surface area contributed by atoms with E-state index in [1.54, 1.807) is 20.8 Å². The third-order valence-corrected chi connectivity index (χ3v) is 4.37. The third kappa shape index (κ3) is 2.52. The molecule has 0 fully saturated rings. The lowest BCUT2D eigenvalue weighted by molar-refractivity contribution is 0.0508. The van der Waals surface area contributed by atoms with Gasteiger partial charge in [0.1, 0.15) is 16.0 Å². The standard InChI is InChI=1S/C14H14N4O4S/c1-4-21-13(19)9-7(3)8-11-16-10(14(20)22-5-2)17-18(11)6-15-12(8)23-9/h6H,4-5H2,1-3H3. The molecule has 8 nitrogen and oxygen atoms in total. The van der Waals surface area contributed by atoms with Crippen LogP contribution in [0.25, 0.3) is 15.9 Å². The molecular formula is C14H14N4O4S. The Morgan fingerprint density at radius 2 is 1.91 bits per heavy atom. The van der Waals surface area contributed by atoms with Crippen molar-refractivity contribution in [2.45, 2.75) is 20.8 Å². The Kier molecular flexibility index (Phi) is 3.95. The minimum absolute atomic E-state index is 0.0376. The predicted octanol–water partition coefficient (Wildman–Crippen LogP) is 2.00. The van der Waals surface area contributed by atoms with Crippen LogP contribution in [-0.4, -0.2) is 44.7 Å². The van der Waals surface area contributed by atoms with Crippen LogP contribution in [-0.2, 0) is 9.47 Å². The first-order valence-corrected chi connectivity index (χ1v) is 7.87. The summed E-state index contributed by atoms with van der Waals surface area (Å²) in [4.78, 5) is 33.4. The van der Waals surface area contributed by atoms with Crippen molar-refractivity contribution in [2.24, 2.45) is 0 Å². The Bertz CT molecular complexity index is 914. The molecule has 0 spiro atoms. The largest absolute Gasteiger partial charge is 0.462 e. The highest BCUT2D eigenvalue weighted by Crippen LogP contribution is 2.32. The van der Waals surface area contributed by atoms with E-state index in [0.29, 0.717) is 32.9 Å². The average molecular weight is 334 g/mol. The van der Waals surface area contributed by atoms with Gasteiger partial charge in [-0.15, -0.1) is 16.4 Å². The van der Waals surface area contributed by atoms with Crippen molar-refractivity contribution < 1.29 is 19.1 Å². The Morgan fingerprint density at radius 1 is 1.22 bits per heavy atom. The molecule has 3 rings (SSSR count). The summed E-state index contributed by atoms with van der Waals surface area (Å²) >= 11 is 1.23. The van der Waals surface area contributed by atoms with E-state index in [1.807, 2.05) is 0 Å². The normalized spacial score (nSPS) is 11.1. The van der Waals surface area contributed by atoms with Crippen molar-refractivity contribution in [3.05, 3.63) is 22.6 Å². The first-order chi connectivity index (χ1) is 11.1. The third-order valence-electron chi connectivity index (χ3n) is 3.19. The number of carbonyl (C=O) groups is 2. The zero-order chi connectivity index (χ0) is 16.6. The number of rotatable bonds is 4. The van der Waals surface area contributed by atoms with Gasteiger partial charge in [0.25, 0.3) is 5.82 Å². The molecule has 0 amide bonds. The highest BCUT2D eigenvalue weighted by molar-refractivity contribution is 7.20. The van der Waals surface area contributed by atoms with Gasteiger partial charge in [-0.1, -0.05) is 0 Å². The Labute approximate surface area is 135 Å². The smallest absolute Gasteiger partial charge is 0.378 e. The van der Waals surface area contributed by atoms with Crippen LogP contribution in [0.15, 0.2) is 6.33 Å². The fraction of sp³-hybridized carbons (Fsp3) is 0.357. The van der Waals surface area contributed by atoms with Gasteiger partial charge in [0.15, 0.2) is 5.65 Å². The van der Waals surface area contributed by atoms with E-state index in [4.69, 9.17) is 9.47 Å². The van der Waals surface area contributed by atoms with Gasteiger partial charge in [-0.3, -0.25) is 0 Å². The average Bonchev–Trinajstić information content (AvgIpc) is 3.09. The molecule has 3 aromatic heterocycles. The van der Waals surface area contributed by atoms with E-state index in [2.05, 4.69) is 15.1 Å². The monoisotopic (exact) mass is 334 g/mol. The molecule has 0 radical (unpaired) electrons. The van der Waals surface area contributed by atoms with Crippen molar-refractivity contribution >= 4 is 39.1 Å². The van der Waals surface area contributed by atoms with E-state index in [1.165, 1.54) is 22.2 Å². The lowest BCUT2D eigenvalue weighted by atomic mass is 10.2. The summed E-state index contributed by atoms with van der Waals surface area (Å²) in [6.45, 7) is 5.80. The van der Waals surface area contributed by atoms with Gasteiger partial charge >= 0.3 is 11.9 Å². The SMILES string of the molecule is CCOC(=O)c1nc2c3c(C)c(C(=O)OCC)sc3ncn2n1. The lowest BCUT2D eigenvalue weighted by Crippen LogP contribution is -2.06. The molecule has 0 aliphatic heterocycles. The number of hydrogen-bond donors (Lipinski definition) is 0. The summed E-state index contributed by atoms with van der Waals surface area (Å²) in [5, 5.41) is 4.75.